The summed E-state index contributed by atoms with van der Waals surface area (Å²) in [6.45, 7) is 1.77. The number of sulfone groups is 1. The van der Waals surface area contributed by atoms with Gasteiger partial charge in [-0.15, -0.1) is 0 Å². The second-order valence-corrected chi connectivity index (χ2v) is 6.40. The Kier molecular flexibility index (Phi) is 5.15. The molecular weight excluding hydrogens is 252 g/mol. The van der Waals surface area contributed by atoms with Crippen molar-refractivity contribution in [3.8, 4) is 5.75 Å². The van der Waals surface area contributed by atoms with Gasteiger partial charge in [-0.3, -0.25) is 5.41 Å². The average Bonchev–Trinajstić information content (AvgIpc) is 2.30. The molecule has 0 amide bonds. The Hall–Kier alpha value is -1.56. The first kappa shape index (κ1) is 14.5. The van der Waals surface area contributed by atoms with Crippen LogP contribution in [0, 0.1) is 5.41 Å². The van der Waals surface area contributed by atoms with E-state index in [1.807, 2.05) is 12.1 Å². The van der Waals surface area contributed by atoms with E-state index in [-0.39, 0.29) is 23.9 Å². The van der Waals surface area contributed by atoms with E-state index in [9.17, 15) is 8.42 Å². The number of hydrogen-bond acceptors (Lipinski definition) is 4. The van der Waals surface area contributed by atoms with Crippen molar-refractivity contribution >= 4 is 15.7 Å². The van der Waals surface area contributed by atoms with Crippen molar-refractivity contribution in [2.24, 2.45) is 5.73 Å². The van der Waals surface area contributed by atoms with Crippen molar-refractivity contribution < 1.29 is 13.2 Å². The predicted molar refractivity (Wildman–Crippen MR) is 71.9 cm³/mol. The Morgan fingerprint density at radius 3 is 2.44 bits per heavy atom. The summed E-state index contributed by atoms with van der Waals surface area (Å²) in [5.74, 6) is 0.887. The lowest BCUT2D eigenvalue weighted by atomic mass is 10.1. The maximum absolute atomic E-state index is 11.2. The molecule has 18 heavy (non-hydrogen) atoms. The lowest BCUT2D eigenvalue weighted by Crippen LogP contribution is -2.15. The SMILES string of the molecule is CCS(=O)(=O)CCOc1ccc(CC(=N)N)cc1. The highest BCUT2D eigenvalue weighted by Crippen LogP contribution is 2.12. The van der Waals surface area contributed by atoms with E-state index in [1.165, 1.54) is 0 Å². The zero-order chi connectivity index (χ0) is 13.6. The van der Waals surface area contributed by atoms with Gasteiger partial charge in [-0.1, -0.05) is 19.1 Å². The molecule has 0 aromatic heterocycles. The van der Waals surface area contributed by atoms with E-state index in [1.54, 1.807) is 19.1 Å². The van der Waals surface area contributed by atoms with Gasteiger partial charge in [0.1, 0.15) is 12.4 Å². The minimum absolute atomic E-state index is 0.0265. The maximum atomic E-state index is 11.2. The van der Waals surface area contributed by atoms with E-state index >= 15 is 0 Å². The molecule has 0 unspecified atom stereocenters. The van der Waals surface area contributed by atoms with E-state index in [4.69, 9.17) is 15.9 Å². The van der Waals surface area contributed by atoms with Crippen molar-refractivity contribution in [2.75, 3.05) is 18.1 Å². The molecule has 0 fully saturated rings. The second-order valence-electron chi connectivity index (χ2n) is 3.93. The van der Waals surface area contributed by atoms with Gasteiger partial charge in [0.15, 0.2) is 9.84 Å². The number of rotatable bonds is 7. The van der Waals surface area contributed by atoms with Crippen molar-refractivity contribution in [1.29, 1.82) is 5.41 Å². The van der Waals surface area contributed by atoms with Crippen molar-refractivity contribution in [3.63, 3.8) is 0 Å². The molecule has 1 aromatic rings. The van der Waals surface area contributed by atoms with Crippen LogP contribution in [0.15, 0.2) is 24.3 Å². The molecule has 0 heterocycles. The minimum Gasteiger partial charge on any atom is -0.493 e. The minimum atomic E-state index is -2.98. The van der Waals surface area contributed by atoms with Crippen molar-refractivity contribution in [2.45, 2.75) is 13.3 Å². The topological polar surface area (TPSA) is 93.2 Å². The summed E-state index contributed by atoms with van der Waals surface area (Å²) in [7, 11) is -2.98. The molecule has 100 valence electrons. The lowest BCUT2D eigenvalue weighted by Gasteiger charge is -2.07. The first-order valence-electron chi connectivity index (χ1n) is 5.68. The standard InChI is InChI=1S/C12H18N2O3S/c1-2-18(15,16)8-7-17-11-5-3-10(4-6-11)9-12(13)14/h3-6H,2,7-9H2,1H3,(H3,13,14). The molecule has 3 N–H and O–H groups in total. The normalized spacial score (nSPS) is 11.2. The quantitative estimate of drug-likeness (QED) is 0.570. The smallest absolute Gasteiger partial charge is 0.153 e. The van der Waals surface area contributed by atoms with Crippen LogP contribution in [0.5, 0.6) is 5.75 Å². The van der Waals surface area contributed by atoms with Gasteiger partial charge >= 0.3 is 0 Å². The molecule has 5 nitrogen and oxygen atoms in total. The Labute approximate surface area is 107 Å². The van der Waals surface area contributed by atoms with Crippen molar-refractivity contribution in [1.82, 2.24) is 0 Å². The number of hydrogen-bond donors (Lipinski definition) is 2. The van der Waals surface area contributed by atoms with Crippen LogP contribution in [0.25, 0.3) is 0 Å². The van der Waals surface area contributed by atoms with Crippen LogP contribution >= 0.6 is 0 Å². The summed E-state index contributed by atoms with van der Waals surface area (Å²) in [5.41, 5.74) is 6.22. The van der Waals surface area contributed by atoms with E-state index in [0.29, 0.717) is 12.2 Å². The summed E-state index contributed by atoms with van der Waals surface area (Å²) >= 11 is 0. The van der Waals surface area contributed by atoms with Crippen LogP contribution in [-0.4, -0.2) is 32.4 Å². The Morgan fingerprint density at radius 1 is 1.33 bits per heavy atom. The molecular formula is C12H18N2O3S. The number of nitrogens with one attached hydrogen (secondary N) is 1. The third kappa shape index (κ3) is 5.18. The van der Waals surface area contributed by atoms with Gasteiger partial charge in [0.25, 0.3) is 0 Å². The van der Waals surface area contributed by atoms with Crippen LogP contribution in [0.1, 0.15) is 12.5 Å². The molecule has 0 spiro atoms. The highest BCUT2D eigenvalue weighted by Gasteiger charge is 2.07. The zero-order valence-electron chi connectivity index (χ0n) is 10.3. The summed E-state index contributed by atoms with van der Waals surface area (Å²) in [4.78, 5) is 0. The average molecular weight is 270 g/mol. The molecule has 0 atom stereocenters. The fraction of sp³-hybridized carbons (Fsp3) is 0.417. The van der Waals surface area contributed by atoms with Crippen LogP contribution in [-0.2, 0) is 16.3 Å². The van der Waals surface area contributed by atoms with E-state index in [0.717, 1.165) is 5.56 Å². The molecule has 0 aliphatic rings. The highest BCUT2D eigenvalue weighted by molar-refractivity contribution is 7.91. The van der Waals surface area contributed by atoms with Crippen LogP contribution in [0.2, 0.25) is 0 Å². The zero-order valence-corrected chi connectivity index (χ0v) is 11.2. The summed E-state index contributed by atoms with van der Waals surface area (Å²) in [6, 6.07) is 7.11. The van der Waals surface area contributed by atoms with Crippen LogP contribution in [0.3, 0.4) is 0 Å². The Bertz CT molecular complexity index is 495. The van der Waals surface area contributed by atoms with Gasteiger partial charge in [-0.25, -0.2) is 8.42 Å². The van der Waals surface area contributed by atoms with E-state index in [2.05, 4.69) is 0 Å². The van der Waals surface area contributed by atoms with Crippen LogP contribution in [0.4, 0.5) is 0 Å². The third-order valence-electron chi connectivity index (χ3n) is 2.42. The Balaban J connectivity index is 2.47. The molecule has 1 rings (SSSR count). The maximum Gasteiger partial charge on any atom is 0.153 e. The first-order valence-corrected chi connectivity index (χ1v) is 7.50. The van der Waals surface area contributed by atoms with Gasteiger partial charge in [0.2, 0.25) is 0 Å². The van der Waals surface area contributed by atoms with Gasteiger partial charge in [-0.2, -0.15) is 0 Å². The van der Waals surface area contributed by atoms with Gasteiger partial charge in [0, 0.05) is 12.2 Å². The summed E-state index contributed by atoms with van der Waals surface area (Å²) in [6.07, 6.45) is 0.407. The van der Waals surface area contributed by atoms with Gasteiger partial charge in [-0.05, 0) is 17.7 Å². The summed E-state index contributed by atoms with van der Waals surface area (Å²) in [5, 5.41) is 7.17. The molecule has 0 saturated heterocycles. The monoisotopic (exact) mass is 270 g/mol. The molecule has 0 aliphatic heterocycles. The fourth-order valence-corrected chi connectivity index (χ4v) is 1.98. The first-order chi connectivity index (χ1) is 8.43. The highest BCUT2D eigenvalue weighted by atomic mass is 32.2. The Morgan fingerprint density at radius 2 is 1.94 bits per heavy atom. The fourth-order valence-electron chi connectivity index (χ4n) is 1.35. The molecule has 0 radical (unpaired) electrons. The molecule has 0 aliphatic carbocycles. The number of benzene rings is 1. The molecule has 0 bridgehead atoms. The number of nitrogens with two attached hydrogens (primary N) is 1. The predicted octanol–water partition coefficient (Wildman–Crippen LogP) is 0.979. The second kappa shape index (κ2) is 6.39. The lowest BCUT2D eigenvalue weighted by molar-refractivity contribution is 0.341. The van der Waals surface area contributed by atoms with Gasteiger partial charge in [0.05, 0.1) is 11.6 Å². The molecule has 6 heteroatoms. The van der Waals surface area contributed by atoms with E-state index < -0.39 is 9.84 Å². The molecule has 1 aromatic carbocycles. The van der Waals surface area contributed by atoms with Gasteiger partial charge < -0.3 is 10.5 Å². The number of ether oxygens (including phenoxy) is 1. The summed E-state index contributed by atoms with van der Waals surface area (Å²) < 4.78 is 27.8. The molecule has 0 saturated carbocycles. The van der Waals surface area contributed by atoms with Crippen LogP contribution < -0.4 is 10.5 Å². The number of amidine groups is 1. The largest absolute Gasteiger partial charge is 0.493 e. The third-order valence-corrected chi connectivity index (χ3v) is 4.09. The van der Waals surface area contributed by atoms with Crippen molar-refractivity contribution in [3.05, 3.63) is 29.8 Å².